The van der Waals surface area contributed by atoms with Crippen molar-refractivity contribution >= 4 is 5.78 Å². The van der Waals surface area contributed by atoms with Gasteiger partial charge in [-0.25, -0.2) is 0 Å². The van der Waals surface area contributed by atoms with E-state index in [4.69, 9.17) is 0 Å². The Morgan fingerprint density at radius 2 is 1.82 bits per heavy atom. The fourth-order valence-corrected chi connectivity index (χ4v) is 1.91. The van der Waals surface area contributed by atoms with Crippen molar-refractivity contribution < 1.29 is 4.79 Å². The molecule has 0 aliphatic carbocycles. The first kappa shape index (κ1) is 13.9. The van der Waals surface area contributed by atoms with E-state index in [1.54, 1.807) is 0 Å². The summed E-state index contributed by atoms with van der Waals surface area (Å²) < 4.78 is 0. The number of ketones is 1. The predicted octanol–water partition coefficient (Wildman–Crippen LogP) is 3.30. The van der Waals surface area contributed by atoms with Gasteiger partial charge in [-0.05, 0) is 27.3 Å². The van der Waals surface area contributed by atoms with Gasteiger partial charge >= 0.3 is 0 Å². The van der Waals surface area contributed by atoms with Crippen LogP contribution in [0.1, 0.15) is 43.1 Å². The second kappa shape index (κ2) is 6.55. The molecule has 0 fully saturated rings. The molecule has 1 aromatic carbocycles. The first-order valence-corrected chi connectivity index (χ1v) is 6.38. The summed E-state index contributed by atoms with van der Waals surface area (Å²) >= 11 is 0. The summed E-state index contributed by atoms with van der Waals surface area (Å²) in [6.45, 7) is 10.3. The number of carbonyl (C=O) groups excluding carboxylic acids is 1. The van der Waals surface area contributed by atoms with Crippen molar-refractivity contribution in [3.8, 4) is 0 Å². The van der Waals surface area contributed by atoms with Crippen molar-refractivity contribution in [3.63, 3.8) is 0 Å². The maximum absolute atomic E-state index is 12.0. The van der Waals surface area contributed by atoms with E-state index in [-0.39, 0.29) is 5.78 Å². The first-order valence-electron chi connectivity index (χ1n) is 6.38. The largest absolute Gasteiger partial charge is 0.301 e. The maximum atomic E-state index is 12.0. The van der Waals surface area contributed by atoms with Gasteiger partial charge in [0.05, 0.1) is 0 Å². The minimum absolute atomic E-state index is 0.240. The summed E-state index contributed by atoms with van der Waals surface area (Å²) in [5, 5.41) is 0. The van der Waals surface area contributed by atoms with Crippen LogP contribution in [0.3, 0.4) is 0 Å². The fourth-order valence-electron chi connectivity index (χ4n) is 1.91. The summed E-state index contributed by atoms with van der Waals surface area (Å²) in [5.74, 6) is 0.240. The Labute approximate surface area is 105 Å². The van der Waals surface area contributed by atoms with Crippen LogP contribution in [0.4, 0.5) is 0 Å². The topological polar surface area (TPSA) is 20.3 Å². The molecule has 1 aromatic rings. The molecule has 0 saturated carbocycles. The molecule has 2 nitrogen and oxygen atoms in total. The quantitative estimate of drug-likeness (QED) is 0.703. The van der Waals surface area contributed by atoms with Gasteiger partial charge in [0.2, 0.25) is 0 Å². The molecule has 0 N–H and O–H groups in total. The van der Waals surface area contributed by atoms with Crippen LogP contribution < -0.4 is 0 Å². The highest BCUT2D eigenvalue weighted by molar-refractivity contribution is 5.96. The van der Waals surface area contributed by atoms with E-state index in [0.29, 0.717) is 12.5 Å². The second-order valence-electron chi connectivity index (χ2n) is 4.76. The van der Waals surface area contributed by atoms with Crippen LogP contribution in [0.2, 0.25) is 0 Å². The van der Waals surface area contributed by atoms with E-state index in [1.165, 1.54) is 5.56 Å². The highest BCUT2D eigenvalue weighted by atomic mass is 16.1. The third-order valence-corrected chi connectivity index (χ3v) is 3.14. The average molecular weight is 233 g/mol. The maximum Gasteiger partial charge on any atom is 0.164 e. The molecule has 0 heterocycles. The minimum atomic E-state index is 0.240. The van der Waals surface area contributed by atoms with Crippen molar-refractivity contribution in [2.24, 2.45) is 0 Å². The second-order valence-corrected chi connectivity index (χ2v) is 4.76. The first-order chi connectivity index (χ1) is 8.04. The molecule has 0 unspecified atom stereocenters. The smallest absolute Gasteiger partial charge is 0.164 e. The summed E-state index contributed by atoms with van der Waals surface area (Å²) in [7, 11) is 0. The molecule has 0 radical (unpaired) electrons. The van der Waals surface area contributed by atoms with E-state index in [1.807, 2.05) is 31.2 Å². The lowest BCUT2D eigenvalue weighted by Gasteiger charge is -2.24. The summed E-state index contributed by atoms with van der Waals surface area (Å²) in [5.41, 5.74) is 2.02. The van der Waals surface area contributed by atoms with Gasteiger partial charge in [0, 0.05) is 24.6 Å². The van der Waals surface area contributed by atoms with E-state index in [2.05, 4.69) is 25.7 Å². The molecule has 0 aliphatic rings. The normalized spacial score (nSPS) is 11.2. The number of Topliss-reactive ketones (excluding diaryl/α,β-unsaturated/α-hetero) is 1. The van der Waals surface area contributed by atoms with Crippen LogP contribution in [0, 0.1) is 6.92 Å². The Hall–Kier alpha value is -1.15. The van der Waals surface area contributed by atoms with Crippen LogP contribution in [0.5, 0.6) is 0 Å². The Balaban J connectivity index is 2.52. The highest BCUT2D eigenvalue weighted by Gasteiger charge is 2.10. The lowest BCUT2D eigenvalue weighted by Crippen LogP contribution is -2.32. The van der Waals surface area contributed by atoms with Crippen LogP contribution in [0.15, 0.2) is 24.3 Å². The van der Waals surface area contributed by atoms with Crippen LogP contribution in [-0.2, 0) is 0 Å². The number of aryl methyl sites for hydroxylation is 1. The van der Waals surface area contributed by atoms with Gasteiger partial charge in [-0.15, -0.1) is 0 Å². The summed E-state index contributed by atoms with van der Waals surface area (Å²) in [4.78, 5) is 14.3. The van der Waals surface area contributed by atoms with Crippen LogP contribution >= 0.6 is 0 Å². The standard InChI is InChI=1S/C15H23NO/c1-5-16(12(2)3)11-10-15(17)14-8-6-13(4)7-9-14/h6-9,12H,5,10-11H2,1-4H3. The minimum Gasteiger partial charge on any atom is -0.301 e. The third kappa shape index (κ3) is 4.31. The zero-order valence-corrected chi connectivity index (χ0v) is 11.4. The number of benzene rings is 1. The third-order valence-electron chi connectivity index (χ3n) is 3.14. The molecular weight excluding hydrogens is 210 g/mol. The molecule has 2 heteroatoms. The molecule has 0 aliphatic heterocycles. The van der Waals surface area contributed by atoms with Gasteiger partial charge in [-0.2, -0.15) is 0 Å². The molecule has 0 amide bonds. The van der Waals surface area contributed by atoms with Crippen LogP contribution in [-0.4, -0.2) is 29.8 Å². The summed E-state index contributed by atoms with van der Waals surface area (Å²) in [6, 6.07) is 8.33. The molecule has 0 atom stereocenters. The molecular formula is C15H23NO. The highest BCUT2D eigenvalue weighted by Crippen LogP contribution is 2.08. The van der Waals surface area contributed by atoms with Crippen molar-refractivity contribution in [1.29, 1.82) is 0 Å². The molecule has 17 heavy (non-hydrogen) atoms. The van der Waals surface area contributed by atoms with Crippen molar-refractivity contribution in [3.05, 3.63) is 35.4 Å². The van der Waals surface area contributed by atoms with Crippen molar-refractivity contribution in [2.45, 2.75) is 40.2 Å². The zero-order chi connectivity index (χ0) is 12.8. The monoisotopic (exact) mass is 233 g/mol. The zero-order valence-electron chi connectivity index (χ0n) is 11.4. The Morgan fingerprint density at radius 3 is 2.29 bits per heavy atom. The number of nitrogens with zero attached hydrogens (tertiary/aromatic N) is 1. The SMILES string of the molecule is CCN(CCC(=O)c1ccc(C)cc1)C(C)C. The molecule has 0 spiro atoms. The number of hydrogen-bond acceptors (Lipinski definition) is 2. The number of hydrogen-bond donors (Lipinski definition) is 0. The lowest BCUT2D eigenvalue weighted by molar-refractivity contribution is 0.0958. The molecule has 1 rings (SSSR count). The van der Waals surface area contributed by atoms with E-state index in [9.17, 15) is 4.79 Å². The Bertz CT molecular complexity index is 354. The lowest BCUT2D eigenvalue weighted by atomic mass is 10.1. The molecule has 0 aromatic heterocycles. The fraction of sp³-hybridized carbons (Fsp3) is 0.533. The predicted molar refractivity (Wildman–Crippen MR) is 72.5 cm³/mol. The van der Waals surface area contributed by atoms with Crippen molar-refractivity contribution in [2.75, 3.05) is 13.1 Å². The summed E-state index contributed by atoms with van der Waals surface area (Å²) in [6.07, 6.45) is 0.606. The Morgan fingerprint density at radius 1 is 1.24 bits per heavy atom. The number of carbonyl (C=O) groups is 1. The van der Waals surface area contributed by atoms with E-state index < -0.39 is 0 Å². The van der Waals surface area contributed by atoms with Gasteiger partial charge in [-0.3, -0.25) is 4.79 Å². The molecule has 0 bridgehead atoms. The van der Waals surface area contributed by atoms with Gasteiger partial charge in [-0.1, -0.05) is 36.8 Å². The average Bonchev–Trinajstić information content (AvgIpc) is 2.30. The van der Waals surface area contributed by atoms with Gasteiger partial charge < -0.3 is 4.90 Å². The molecule has 94 valence electrons. The van der Waals surface area contributed by atoms with Gasteiger partial charge in [0.25, 0.3) is 0 Å². The van der Waals surface area contributed by atoms with Crippen LogP contribution in [0.25, 0.3) is 0 Å². The van der Waals surface area contributed by atoms with E-state index in [0.717, 1.165) is 18.7 Å². The molecule has 0 saturated heterocycles. The van der Waals surface area contributed by atoms with E-state index >= 15 is 0 Å². The van der Waals surface area contributed by atoms with Gasteiger partial charge in [0.1, 0.15) is 0 Å². The number of rotatable bonds is 6. The Kier molecular flexibility index (Phi) is 5.36. The van der Waals surface area contributed by atoms with Gasteiger partial charge in [0.15, 0.2) is 5.78 Å². The van der Waals surface area contributed by atoms with Crippen molar-refractivity contribution in [1.82, 2.24) is 4.90 Å².